The number of carbonyl (C=O) groups is 2. The lowest BCUT2D eigenvalue weighted by Crippen LogP contribution is -2.42. The van der Waals surface area contributed by atoms with Crippen LogP contribution in [0.1, 0.15) is 33.6 Å². The second-order valence-electron chi connectivity index (χ2n) is 5.76. The predicted molar refractivity (Wildman–Crippen MR) is 74.7 cm³/mol. The fourth-order valence-electron chi connectivity index (χ4n) is 1.94. The number of pyridine rings is 1. The van der Waals surface area contributed by atoms with Crippen molar-refractivity contribution in [2.45, 2.75) is 39.2 Å². The molecule has 2 amide bonds. The van der Waals surface area contributed by atoms with Gasteiger partial charge in [-0.2, -0.15) is 0 Å². The molecule has 0 aliphatic carbocycles. The first-order valence-corrected chi connectivity index (χ1v) is 6.61. The summed E-state index contributed by atoms with van der Waals surface area (Å²) in [5.41, 5.74) is -0.363. The van der Waals surface area contributed by atoms with Crippen LogP contribution in [0.4, 0.5) is 10.6 Å². The summed E-state index contributed by atoms with van der Waals surface area (Å²) in [6.07, 6.45) is 2.37. The van der Waals surface area contributed by atoms with Gasteiger partial charge in [0, 0.05) is 30.8 Å². The SMILES string of the molecule is CC(C)(C)NC(=O)Oc1ccnc(N2CCCC2=O)c1. The molecule has 20 heavy (non-hydrogen) atoms. The normalized spacial score (nSPS) is 15.3. The van der Waals surface area contributed by atoms with Gasteiger partial charge in [0.25, 0.3) is 0 Å². The standard InChI is InChI=1S/C14H19N3O3/c1-14(2,3)16-13(19)20-10-6-7-15-11(9-10)17-8-4-5-12(17)18/h6-7,9H,4-5,8H2,1-3H3,(H,16,19). The highest BCUT2D eigenvalue weighted by Crippen LogP contribution is 2.23. The molecule has 1 N–H and O–H groups in total. The number of hydrogen-bond acceptors (Lipinski definition) is 4. The first-order valence-electron chi connectivity index (χ1n) is 6.61. The van der Waals surface area contributed by atoms with Gasteiger partial charge in [0.05, 0.1) is 0 Å². The molecule has 0 atom stereocenters. The van der Waals surface area contributed by atoms with Crippen LogP contribution < -0.4 is 15.0 Å². The van der Waals surface area contributed by atoms with E-state index in [1.54, 1.807) is 17.0 Å². The topological polar surface area (TPSA) is 71.5 Å². The van der Waals surface area contributed by atoms with E-state index in [4.69, 9.17) is 4.74 Å². The molecule has 6 nitrogen and oxygen atoms in total. The van der Waals surface area contributed by atoms with Gasteiger partial charge in [-0.25, -0.2) is 9.78 Å². The minimum absolute atomic E-state index is 0.0498. The van der Waals surface area contributed by atoms with Gasteiger partial charge in [-0.15, -0.1) is 0 Å². The average Bonchev–Trinajstić information content (AvgIpc) is 2.73. The first-order chi connectivity index (χ1) is 9.35. The Hall–Kier alpha value is -2.11. The van der Waals surface area contributed by atoms with Gasteiger partial charge in [0.1, 0.15) is 11.6 Å². The van der Waals surface area contributed by atoms with Gasteiger partial charge in [-0.1, -0.05) is 0 Å². The molecule has 2 heterocycles. The molecule has 1 aromatic rings. The first kappa shape index (κ1) is 14.3. The summed E-state index contributed by atoms with van der Waals surface area (Å²) in [6.45, 7) is 6.27. The smallest absolute Gasteiger partial charge is 0.410 e. The molecule has 0 bridgehead atoms. The maximum atomic E-state index is 11.7. The number of amides is 2. The predicted octanol–water partition coefficient (Wildman–Crippen LogP) is 2.10. The number of aromatic nitrogens is 1. The Bertz CT molecular complexity index is 523. The van der Waals surface area contributed by atoms with Crippen LogP contribution in [-0.4, -0.2) is 29.1 Å². The number of anilines is 1. The molecule has 0 radical (unpaired) electrons. The molecule has 0 aromatic carbocycles. The Morgan fingerprint density at radius 2 is 2.20 bits per heavy atom. The van der Waals surface area contributed by atoms with E-state index >= 15 is 0 Å². The zero-order chi connectivity index (χ0) is 14.8. The summed E-state index contributed by atoms with van der Waals surface area (Å²) in [6, 6.07) is 3.19. The number of carbonyl (C=O) groups excluding carboxylic acids is 2. The minimum atomic E-state index is -0.526. The van der Waals surface area contributed by atoms with E-state index in [0.29, 0.717) is 24.5 Å². The quantitative estimate of drug-likeness (QED) is 0.898. The zero-order valence-corrected chi connectivity index (χ0v) is 12.0. The maximum absolute atomic E-state index is 11.7. The number of hydrogen-bond donors (Lipinski definition) is 1. The second kappa shape index (κ2) is 5.48. The monoisotopic (exact) mass is 277 g/mol. The van der Waals surface area contributed by atoms with Gasteiger partial charge < -0.3 is 10.1 Å². The Morgan fingerprint density at radius 3 is 2.80 bits per heavy atom. The van der Waals surface area contributed by atoms with E-state index in [0.717, 1.165) is 6.42 Å². The summed E-state index contributed by atoms with van der Waals surface area (Å²) in [5, 5.41) is 2.70. The molecule has 2 rings (SSSR count). The van der Waals surface area contributed by atoms with Crippen molar-refractivity contribution in [2.24, 2.45) is 0 Å². The molecule has 1 saturated heterocycles. The Balaban J connectivity index is 2.06. The van der Waals surface area contributed by atoms with Gasteiger partial charge in [0.2, 0.25) is 5.91 Å². The molecule has 0 unspecified atom stereocenters. The summed E-state index contributed by atoms with van der Waals surface area (Å²) in [5.74, 6) is 0.943. The maximum Gasteiger partial charge on any atom is 0.413 e. The molecule has 0 spiro atoms. The van der Waals surface area contributed by atoms with Crippen LogP contribution in [0.25, 0.3) is 0 Å². The summed E-state index contributed by atoms with van der Waals surface area (Å²) in [7, 11) is 0. The van der Waals surface area contributed by atoms with Crippen molar-refractivity contribution in [3.05, 3.63) is 18.3 Å². The lowest BCUT2D eigenvalue weighted by Gasteiger charge is -2.20. The third-order valence-corrected chi connectivity index (χ3v) is 2.75. The lowest BCUT2D eigenvalue weighted by molar-refractivity contribution is -0.117. The second-order valence-corrected chi connectivity index (χ2v) is 5.76. The Kier molecular flexibility index (Phi) is 3.92. The van der Waals surface area contributed by atoms with Gasteiger partial charge in [0.15, 0.2) is 0 Å². The van der Waals surface area contributed by atoms with E-state index in [9.17, 15) is 9.59 Å². The molecule has 1 aliphatic heterocycles. The van der Waals surface area contributed by atoms with Gasteiger partial charge in [-0.3, -0.25) is 9.69 Å². The summed E-state index contributed by atoms with van der Waals surface area (Å²) < 4.78 is 5.20. The van der Waals surface area contributed by atoms with Gasteiger partial charge in [-0.05, 0) is 33.3 Å². The fourth-order valence-corrected chi connectivity index (χ4v) is 1.94. The molecular weight excluding hydrogens is 258 g/mol. The minimum Gasteiger partial charge on any atom is -0.410 e. The van der Waals surface area contributed by atoms with Crippen LogP contribution in [0.2, 0.25) is 0 Å². The fraction of sp³-hybridized carbons (Fsp3) is 0.500. The van der Waals surface area contributed by atoms with E-state index in [-0.39, 0.29) is 11.4 Å². The van der Waals surface area contributed by atoms with Crippen LogP contribution in [0, 0.1) is 0 Å². The van der Waals surface area contributed by atoms with E-state index in [1.807, 2.05) is 20.8 Å². The van der Waals surface area contributed by atoms with Crippen molar-refractivity contribution in [3.63, 3.8) is 0 Å². The highest BCUT2D eigenvalue weighted by Gasteiger charge is 2.23. The molecule has 1 aromatic heterocycles. The summed E-state index contributed by atoms with van der Waals surface area (Å²) in [4.78, 5) is 29.1. The van der Waals surface area contributed by atoms with E-state index < -0.39 is 6.09 Å². The Labute approximate surface area is 118 Å². The van der Waals surface area contributed by atoms with Crippen LogP contribution in [0.15, 0.2) is 18.3 Å². The number of nitrogens with one attached hydrogen (secondary N) is 1. The van der Waals surface area contributed by atoms with Crippen molar-refractivity contribution in [2.75, 3.05) is 11.4 Å². The summed E-state index contributed by atoms with van der Waals surface area (Å²) >= 11 is 0. The number of nitrogens with zero attached hydrogens (tertiary/aromatic N) is 2. The molecule has 1 fully saturated rings. The van der Waals surface area contributed by atoms with Crippen molar-refractivity contribution >= 4 is 17.8 Å². The average molecular weight is 277 g/mol. The molecule has 108 valence electrons. The number of ether oxygens (including phenoxy) is 1. The number of rotatable bonds is 2. The largest absolute Gasteiger partial charge is 0.413 e. The lowest BCUT2D eigenvalue weighted by atomic mass is 10.1. The molecule has 6 heteroatoms. The van der Waals surface area contributed by atoms with E-state index in [2.05, 4.69) is 10.3 Å². The van der Waals surface area contributed by atoms with Crippen LogP contribution in [0.5, 0.6) is 5.75 Å². The van der Waals surface area contributed by atoms with Crippen molar-refractivity contribution in [1.82, 2.24) is 10.3 Å². The van der Waals surface area contributed by atoms with Crippen molar-refractivity contribution in [1.29, 1.82) is 0 Å². The van der Waals surface area contributed by atoms with Gasteiger partial charge >= 0.3 is 6.09 Å². The highest BCUT2D eigenvalue weighted by atomic mass is 16.6. The zero-order valence-electron chi connectivity index (χ0n) is 12.0. The van der Waals surface area contributed by atoms with Crippen LogP contribution in [0.3, 0.4) is 0 Å². The third kappa shape index (κ3) is 3.69. The molecular formula is C14H19N3O3. The van der Waals surface area contributed by atoms with Crippen molar-refractivity contribution in [3.8, 4) is 5.75 Å². The third-order valence-electron chi connectivity index (χ3n) is 2.75. The molecule has 0 saturated carbocycles. The van der Waals surface area contributed by atoms with Crippen molar-refractivity contribution < 1.29 is 14.3 Å². The highest BCUT2D eigenvalue weighted by molar-refractivity contribution is 5.94. The van der Waals surface area contributed by atoms with Crippen LogP contribution in [-0.2, 0) is 4.79 Å². The van der Waals surface area contributed by atoms with E-state index in [1.165, 1.54) is 6.20 Å². The Morgan fingerprint density at radius 1 is 1.45 bits per heavy atom. The van der Waals surface area contributed by atoms with Crippen LogP contribution >= 0.6 is 0 Å². The molecule has 1 aliphatic rings.